The molecule has 4 heteroatoms. The molecule has 1 heterocycles. The molecule has 1 aromatic heterocycles. The molecule has 19 heavy (non-hydrogen) atoms. The van der Waals surface area contributed by atoms with Crippen molar-refractivity contribution in [1.82, 2.24) is 10.3 Å². The zero-order valence-electron chi connectivity index (χ0n) is 11.3. The molecule has 0 fully saturated rings. The van der Waals surface area contributed by atoms with Crippen molar-refractivity contribution >= 4 is 22.5 Å². The summed E-state index contributed by atoms with van der Waals surface area (Å²) in [6.45, 7) is 2.65. The average Bonchev–Trinajstić information content (AvgIpc) is 2.75. The van der Waals surface area contributed by atoms with Crippen LogP contribution in [0, 0.1) is 0 Å². The summed E-state index contributed by atoms with van der Waals surface area (Å²) in [5.74, 6) is 0. The van der Waals surface area contributed by atoms with Crippen LogP contribution in [0.2, 0.25) is 5.02 Å². The maximum Gasteiger partial charge on any atom is 0.0705 e. The van der Waals surface area contributed by atoms with Gasteiger partial charge in [0.05, 0.1) is 5.02 Å². The van der Waals surface area contributed by atoms with Gasteiger partial charge in [0.2, 0.25) is 0 Å². The first-order valence-corrected chi connectivity index (χ1v) is 7.15. The van der Waals surface area contributed by atoms with E-state index in [0.29, 0.717) is 0 Å². The third-order valence-electron chi connectivity index (χ3n) is 3.22. The lowest BCUT2D eigenvalue weighted by atomic mass is 10.2. The summed E-state index contributed by atoms with van der Waals surface area (Å²) in [5, 5.41) is 5.36. The Morgan fingerprint density at radius 2 is 2.05 bits per heavy atom. The fourth-order valence-corrected chi connectivity index (χ4v) is 2.45. The molecule has 2 rings (SSSR count). The Bertz CT molecular complexity index is 510. The minimum atomic E-state index is 0.789. The number of hydrogen-bond acceptors (Lipinski definition) is 2. The molecular formula is C15H21ClN2O. The van der Waals surface area contributed by atoms with Gasteiger partial charge in [-0.05, 0) is 31.9 Å². The third-order valence-corrected chi connectivity index (χ3v) is 3.65. The van der Waals surface area contributed by atoms with E-state index in [1.165, 1.54) is 12.8 Å². The standard InChI is InChI=1S/C15H21ClN2O/c1-19-10-6-2-5-9-17-11-14-15(16)12-7-3-4-8-13(12)18-14/h3-4,7-8,17-18H,2,5-6,9-11H2,1H3. The van der Waals surface area contributed by atoms with Crippen LogP contribution in [0.5, 0.6) is 0 Å². The zero-order chi connectivity index (χ0) is 13.5. The second kappa shape index (κ2) is 7.53. The van der Waals surface area contributed by atoms with Gasteiger partial charge in [-0.2, -0.15) is 0 Å². The van der Waals surface area contributed by atoms with E-state index >= 15 is 0 Å². The lowest BCUT2D eigenvalue weighted by Gasteiger charge is -2.04. The highest BCUT2D eigenvalue weighted by atomic mass is 35.5. The van der Waals surface area contributed by atoms with Crippen LogP contribution in [0.1, 0.15) is 25.0 Å². The second-order valence-electron chi connectivity index (χ2n) is 4.69. The van der Waals surface area contributed by atoms with E-state index in [9.17, 15) is 0 Å². The molecule has 104 valence electrons. The number of para-hydroxylation sites is 1. The average molecular weight is 281 g/mol. The van der Waals surface area contributed by atoms with E-state index in [1.807, 2.05) is 18.2 Å². The number of aromatic nitrogens is 1. The molecule has 0 saturated heterocycles. The normalized spacial score (nSPS) is 11.3. The van der Waals surface area contributed by atoms with Crippen molar-refractivity contribution in [3.8, 4) is 0 Å². The molecular weight excluding hydrogens is 260 g/mol. The van der Waals surface area contributed by atoms with Crippen molar-refractivity contribution in [1.29, 1.82) is 0 Å². The van der Waals surface area contributed by atoms with E-state index in [-0.39, 0.29) is 0 Å². The predicted molar refractivity (Wildman–Crippen MR) is 80.7 cm³/mol. The number of rotatable bonds is 8. The Kier molecular flexibility index (Phi) is 5.70. The van der Waals surface area contributed by atoms with Gasteiger partial charge in [0, 0.05) is 36.9 Å². The lowest BCUT2D eigenvalue weighted by molar-refractivity contribution is 0.192. The van der Waals surface area contributed by atoms with E-state index in [4.69, 9.17) is 16.3 Å². The van der Waals surface area contributed by atoms with E-state index < -0.39 is 0 Å². The maximum absolute atomic E-state index is 6.35. The van der Waals surface area contributed by atoms with Crippen LogP contribution in [0.4, 0.5) is 0 Å². The monoisotopic (exact) mass is 280 g/mol. The Balaban J connectivity index is 1.77. The van der Waals surface area contributed by atoms with E-state index in [2.05, 4.69) is 16.4 Å². The molecule has 0 amide bonds. The van der Waals surface area contributed by atoms with Gasteiger partial charge in [-0.25, -0.2) is 0 Å². The number of H-pyrrole nitrogens is 1. The number of fused-ring (bicyclic) bond motifs is 1. The minimum Gasteiger partial charge on any atom is -0.385 e. The van der Waals surface area contributed by atoms with E-state index in [1.54, 1.807) is 7.11 Å². The maximum atomic E-state index is 6.35. The molecule has 0 radical (unpaired) electrons. The number of aromatic amines is 1. The van der Waals surface area contributed by atoms with Crippen LogP contribution in [-0.2, 0) is 11.3 Å². The number of methoxy groups -OCH3 is 1. The van der Waals surface area contributed by atoms with Crippen LogP contribution in [0.3, 0.4) is 0 Å². The van der Waals surface area contributed by atoms with Gasteiger partial charge in [0.25, 0.3) is 0 Å². The quantitative estimate of drug-likeness (QED) is 0.723. The number of nitrogens with one attached hydrogen (secondary N) is 2. The summed E-state index contributed by atoms with van der Waals surface area (Å²) in [4.78, 5) is 3.36. The van der Waals surface area contributed by atoms with Crippen molar-refractivity contribution in [2.24, 2.45) is 0 Å². The fourth-order valence-electron chi connectivity index (χ4n) is 2.17. The number of halogens is 1. The summed E-state index contributed by atoms with van der Waals surface area (Å²) in [6, 6.07) is 8.12. The summed E-state index contributed by atoms with van der Waals surface area (Å²) in [6.07, 6.45) is 3.49. The van der Waals surface area contributed by atoms with Crippen LogP contribution in [0.25, 0.3) is 10.9 Å². The molecule has 0 spiro atoms. The van der Waals surface area contributed by atoms with Gasteiger partial charge in [0.1, 0.15) is 0 Å². The van der Waals surface area contributed by atoms with Gasteiger partial charge in [-0.3, -0.25) is 0 Å². The molecule has 2 N–H and O–H groups in total. The summed E-state index contributed by atoms with van der Waals surface area (Å²) in [5.41, 5.74) is 2.17. The highest BCUT2D eigenvalue weighted by molar-refractivity contribution is 6.36. The first-order valence-electron chi connectivity index (χ1n) is 6.77. The second-order valence-corrected chi connectivity index (χ2v) is 5.07. The highest BCUT2D eigenvalue weighted by Gasteiger charge is 2.07. The SMILES string of the molecule is COCCCCCNCc1[nH]c2ccccc2c1Cl. The van der Waals surface area contributed by atoms with E-state index in [0.717, 1.165) is 47.7 Å². The predicted octanol–water partition coefficient (Wildman–Crippen LogP) is 3.73. The number of unbranched alkanes of at least 4 members (excludes halogenated alkanes) is 2. The molecule has 1 aromatic carbocycles. The van der Waals surface area contributed by atoms with Gasteiger partial charge < -0.3 is 15.0 Å². The van der Waals surface area contributed by atoms with Gasteiger partial charge in [-0.1, -0.05) is 29.8 Å². The number of benzene rings is 1. The van der Waals surface area contributed by atoms with Gasteiger partial charge in [0.15, 0.2) is 0 Å². The molecule has 3 nitrogen and oxygen atoms in total. The Morgan fingerprint density at radius 1 is 1.21 bits per heavy atom. The topological polar surface area (TPSA) is 37.0 Å². The largest absolute Gasteiger partial charge is 0.385 e. The van der Waals surface area contributed by atoms with Crippen LogP contribution in [-0.4, -0.2) is 25.2 Å². The molecule has 0 saturated carbocycles. The smallest absolute Gasteiger partial charge is 0.0705 e. The Morgan fingerprint density at radius 3 is 2.84 bits per heavy atom. The van der Waals surface area contributed by atoms with Gasteiger partial charge >= 0.3 is 0 Å². The lowest BCUT2D eigenvalue weighted by Crippen LogP contribution is -2.15. The van der Waals surface area contributed by atoms with Crippen molar-refractivity contribution in [3.05, 3.63) is 35.0 Å². The zero-order valence-corrected chi connectivity index (χ0v) is 12.1. The molecule has 0 aliphatic rings. The number of ether oxygens (including phenoxy) is 1. The highest BCUT2D eigenvalue weighted by Crippen LogP contribution is 2.26. The molecule has 0 aliphatic heterocycles. The van der Waals surface area contributed by atoms with Crippen molar-refractivity contribution < 1.29 is 4.74 Å². The van der Waals surface area contributed by atoms with Crippen LogP contribution < -0.4 is 5.32 Å². The molecule has 0 unspecified atom stereocenters. The first-order chi connectivity index (χ1) is 9.33. The van der Waals surface area contributed by atoms with Crippen molar-refractivity contribution in [2.75, 3.05) is 20.3 Å². The van der Waals surface area contributed by atoms with Crippen LogP contribution >= 0.6 is 11.6 Å². The first kappa shape index (κ1) is 14.4. The summed E-state index contributed by atoms with van der Waals surface area (Å²) >= 11 is 6.35. The van der Waals surface area contributed by atoms with Crippen molar-refractivity contribution in [3.63, 3.8) is 0 Å². The Labute approximate surface area is 119 Å². The summed E-state index contributed by atoms with van der Waals surface area (Å²) in [7, 11) is 1.75. The Hall–Kier alpha value is -1.03. The van der Waals surface area contributed by atoms with Crippen molar-refractivity contribution in [2.45, 2.75) is 25.8 Å². The fraction of sp³-hybridized carbons (Fsp3) is 0.467. The third kappa shape index (κ3) is 3.96. The molecule has 0 aliphatic carbocycles. The molecule has 0 bridgehead atoms. The molecule has 2 aromatic rings. The number of hydrogen-bond donors (Lipinski definition) is 2. The molecule has 0 atom stereocenters. The summed E-state index contributed by atoms with van der Waals surface area (Å²) < 4.78 is 5.02. The van der Waals surface area contributed by atoms with Crippen LogP contribution in [0.15, 0.2) is 24.3 Å². The van der Waals surface area contributed by atoms with Gasteiger partial charge in [-0.15, -0.1) is 0 Å². The minimum absolute atomic E-state index is 0.789.